The lowest BCUT2D eigenvalue weighted by atomic mass is 9.94. The van der Waals surface area contributed by atoms with Crippen molar-refractivity contribution < 1.29 is 9.47 Å². The Bertz CT molecular complexity index is 383. The van der Waals surface area contributed by atoms with Crippen molar-refractivity contribution in [3.05, 3.63) is 17.6 Å². The maximum absolute atomic E-state index is 5.68. The van der Waals surface area contributed by atoms with Crippen LogP contribution in [-0.4, -0.2) is 42.4 Å². The van der Waals surface area contributed by atoms with Gasteiger partial charge in [-0.15, -0.1) is 0 Å². The van der Waals surface area contributed by atoms with E-state index in [9.17, 15) is 0 Å². The van der Waals surface area contributed by atoms with Crippen LogP contribution < -0.4 is 5.32 Å². The van der Waals surface area contributed by atoms with E-state index in [1.54, 1.807) is 7.11 Å². The quantitative estimate of drug-likeness (QED) is 0.882. The minimum atomic E-state index is -0.134. The van der Waals surface area contributed by atoms with Crippen LogP contribution in [0.25, 0.3) is 0 Å². The lowest BCUT2D eigenvalue weighted by Crippen LogP contribution is -2.44. The zero-order chi connectivity index (χ0) is 13.0. The standard InChI is InChI=1S/C13H21N3O2/c1-10-8-12(16-11(2)15-10)14-9-13(17-3)4-6-18-7-5-13/h8H,4-7,9H2,1-3H3,(H,14,15,16). The van der Waals surface area contributed by atoms with Crippen LogP contribution in [0.4, 0.5) is 5.82 Å². The molecule has 5 nitrogen and oxygen atoms in total. The first-order valence-corrected chi connectivity index (χ1v) is 6.33. The van der Waals surface area contributed by atoms with Gasteiger partial charge < -0.3 is 14.8 Å². The first-order chi connectivity index (χ1) is 8.63. The lowest BCUT2D eigenvalue weighted by Gasteiger charge is -2.36. The van der Waals surface area contributed by atoms with Gasteiger partial charge in [0.15, 0.2) is 0 Å². The van der Waals surface area contributed by atoms with Gasteiger partial charge in [-0.3, -0.25) is 0 Å². The molecule has 1 aromatic rings. The summed E-state index contributed by atoms with van der Waals surface area (Å²) in [4.78, 5) is 8.64. The largest absolute Gasteiger partial charge is 0.381 e. The molecule has 1 aromatic heterocycles. The molecule has 2 heterocycles. The molecule has 0 aromatic carbocycles. The second kappa shape index (κ2) is 5.63. The van der Waals surface area contributed by atoms with E-state index in [0.29, 0.717) is 0 Å². The summed E-state index contributed by atoms with van der Waals surface area (Å²) >= 11 is 0. The van der Waals surface area contributed by atoms with Gasteiger partial charge in [0.2, 0.25) is 0 Å². The van der Waals surface area contributed by atoms with Crippen LogP contribution in [0.5, 0.6) is 0 Å². The maximum Gasteiger partial charge on any atom is 0.130 e. The number of hydrogen-bond acceptors (Lipinski definition) is 5. The third-order valence-electron chi connectivity index (χ3n) is 3.39. The molecule has 0 radical (unpaired) electrons. The van der Waals surface area contributed by atoms with E-state index in [0.717, 1.165) is 49.9 Å². The summed E-state index contributed by atoms with van der Waals surface area (Å²) in [6.07, 6.45) is 1.83. The number of aryl methyl sites for hydroxylation is 2. The van der Waals surface area contributed by atoms with Gasteiger partial charge in [-0.05, 0) is 13.8 Å². The molecular weight excluding hydrogens is 230 g/mol. The molecule has 1 aliphatic rings. The van der Waals surface area contributed by atoms with Crippen molar-refractivity contribution in [1.29, 1.82) is 0 Å². The third-order valence-corrected chi connectivity index (χ3v) is 3.39. The molecule has 0 amide bonds. The zero-order valence-electron chi connectivity index (χ0n) is 11.3. The number of nitrogens with zero attached hydrogens (tertiary/aromatic N) is 2. The lowest BCUT2D eigenvalue weighted by molar-refractivity contribution is -0.0807. The molecule has 18 heavy (non-hydrogen) atoms. The number of aromatic nitrogens is 2. The van der Waals surface area contributed by atoms with E-state index in [1.165, 1.54) is 0 Å². The fraction of sp³-hybridized carbons (Fsp3) is 0.692. The van der Waals surface area contributed by atoms with E-state index in [4.69, 9.17) is 9.47 Å². The van der Waals surface area contributed by atoms with E-state index in [2.05, 4.69) is 15.3 Å². The van der Waals surface area contributed by atoms with Gasteiger partial charge in [-0.25, -0.2) is 9.97 Å². The van der Waals surface area contributed by atoms with E-state index < -0.39 is 0 Å². The fourth-order valence-corrected chi connectivity index (χ4v) is 2.26. The minimum absolute atomic E-state index is 0.134. The number of anilines is 1. The van der Waals surface area contributed by atoms with E-state index in [1.807, 2.05) is 19.9 Å². The van der Waals surface area contributed by atoms with Gasteiger partial charge in [0, 0.05) is 51.5 Å². The number of ether oxygens (including phenoxy) is 2. The normalized spacial score (nSPS) is 18.6. The van der Waals surface area contributed by atoms with Crippen LogP contribution in [0.1, 0.15) is 24.4 Å². The molecule has 1 fully saturated rings. The van der Waals surface area contributed by atoms with Gasteiger partial charge in [0.05, 0.1) is 5.60 Å². The molecule has 0 spiro atoms. The first-order valence-electron chi connectivity index (χ1n) is 6.33. The Labute approximate surface area is 108 Å². The van der Waals surface area contributed by atoms with Gasteiger partial charge in [0.25, 0.3) is 0 Å². The Morgan fingerprint density at radius 1 is 1.33 bits per heavy atom. The molecule has 0 saturated carbocycles. The van der Waals surface area contributed by atoms with Crippen LogP contribution in [-0.2, 0) is 9.47 Å². The average Bonchev–Trinajstić information content (AvgIpc) is 2.36. The Kier molecular flexibility index (Phi) is 4.14. The van der Waals surface area contributed by atoms with Gasteiger partial charge in [-0.2, -0.15) is 0 Å². The molecular formula is C13H21N3O2. The predicted octanol–water partition coefficient (Wildman–Crippen LogP) is 1.70. The van der Waals surface area contributed by atoms with Crippen LogP contribution in [0.2, 0.25) is 0 Å². The molecule has 100 valence electrons. The fourth-order valence-electron chi connectivity index (χ4n) is 2.26. The van der Waals surface area contributed by atoms with Crippen LogP contribution in [0.3, 0.4) is 0 Å². The van der Waals surface area contributed by atoms with Crippen molar-refractivity contribution in [3.8, 4) is 0 Å². The highest BCUT2D eigenvalue weighted by atomic mass is 16.5. The van der Waals surface area contributed by atoms with Crippen molar-refractivity contribution in [2.75, 3.05) is 32.2 Å². The summed E-state index contributed by atoms with van der Waals surface area (Å²) in [6.45, 7) is 6.15. The molecule has 0 unspecified atom stereocenters. The number of hydrogen-bond donors (Lipinski definition) is 1. The van der Waals surface area contributed by atoms with Crippen LogP contribution in [0.15, 0.2) is 6.07 Å². The zero-order valence-corrected chi connectivity index (χ0v) is 11.3. The topological polar surface area (TPSA) is 56.3 Å². The monoisotopic (exact) mass is 251 g/mol. The third kappa shape index (κ3) is 3.17. The number of rotatable bonds is 4. The smallest absolute Gasteiger partial charge is 0.130 e. The van der Waals surface area contributed by atoms with Gasteiger partial charge in [-0.1, -0.05) is 0 Å². The van der Waals surface area contributed by atoms with Crippen molar-refractivity contribution in [2.45, 2.75) is 32.3 Å². The highest BCUT2D eigenvalue weighted by molar-refractivity contribution is 5.36. The summed E-state index contributed by atoms with van der Waals surface area (Å²) in [7, 11) is 1.77. The number of nitrogens with one attached hydrogen (secondary N) is 1. The van der Waals surface area contributed by atoms with Crippen molar-refractivity contribution >= 4 is 5.82 Å². The molecule has 0 aliphatic carbocycles. The summed E-state index contributed by atoms with van der Waals surface area (Å²) in [5.41, 5.74) is 0.841. The van der Waals surface area contributed by atoms with E-state index >= 15 is 0 Å². The first kappa shape index (κ1) is 13.2. The Balaban J connectivity index is 2.00. The van der Waals surface area contributed by atoms with Crippen LogP contribution >= 0.6 is 0 Å². The van der Waals surface area contributed by atoms with E-state index in [-0.39, 0.29) is 5.60 Å². The molecule has 5 heteroatoms. The Morgan fingerprint density at radius 3 is 2.67 bits per heavy atom. The SMILES string of the molecule is COC1(CNc2cc(C)nc(C)n2)CCOCC1. The number of methoxy groups -OCH3 is 1. The average molecular weight is 251 g/mol. The van der Waals surface area contributed by atoms with Crippen molar-refractivity contribution in [1.82, 2.24) is 9.97 Å². The molecule has 2 rings (SSSR count). The molecule has 1 N–H and O–H groups in total. The van der Waals surface area contributed by atoms with Crippen molar-refractivity contribution in [3.63, 3.8) is 0 Å². The Hall–Kier alpha value is -1.20. The highest BCUT2D eigenvalue weighted by Crippen LogP contribution is 2.24. The summed E-state index contributed by atoms with van der Waals surface area (Å²) in [5.74, 6) is 1.65. The summed E-state index contributed by atoms with van der Waals surface area (Å²) in [5, 5.41) is 3.36. The Morgan fingerprint density at radius 2 is 2.06 bits per heavy atom. The van der Waals surface area contributed by atoms with Gasteiger partial charge >= 0.3 is 0 Å². The molecule has 1 saturated heterocycles. The second-order valence-corrected chi connectivity index (χ2v) is 4.79. The van der Waals surface area contributed by atoms with Gasteiger partial charge in [0.1, 0.15) is 11.6 Å². The molecule has 1 aliphatic heterocycles. The summed E-state index contributed by atoms with van der Waals surface area (Å²) in [6, 6.07) is 1.95. The van der Waals surface area contributed by atoms with Crippen LogP contribution in [0, 0.1) is 13.8 Å². The maximum atomic E-state index is 5.68. The minimum Gasteiger partial charge on any atom is -0.381 e. The summed E-state index contributed by atoms with van der Waals surface area (Å²) < 4.78 is 11.1. The predicted molar refractivity (Wildman–Crippen MR) is 69.8 cm³/mol. The molecule has 0 bridgehead atoms. The highest BCUT2D eigenvalue weighted by Gasteiger charge is 2.32. The van der Waals surface area contributed by atoms with Crippen molar-refractivity contribution in [2.24, 2.45) is 0 Å². The molecule has 0 atom stereocenters. The second-order valence-electron chi connectivity index (χ2n) is 4.79.